The molecule has 0 N–H and O–H groups in total. The smallest absolute Gasteiger partial charge is 0.264 e. The minimum absolute atomic E-state index is 0.109. The fraction of sp³-hybridized carbons (Fsp3) is 0.0952. The minimum Gasteiger partial charge on any atom is -0.390 e. The van der Waals surface area contributed by atoms with Crippen molar-refractivity contribution in [3.63, 3.8) is 0 Å². The molecule has 0 aliphatic carbocycles. The molecule has 0 aliphatic rings. The summed E-state index contributed by atoms with van der Waals surface area (Å²) in [5, 5.41) is 3.68. The minimum atomic E-state index is -2.57. The molecular formula is C21H16F2NO. The van der Waals surface area contributed by atoms with E-state index in [-0.39, 0.29) is 17.7 Å². The molecule has 0 saturated heterocycles. The summed E-state index contributed by atoms with van der Waals surface area (Å²) in [5.74, 6) is 0. The molecule has 25 heavy (non-hydrogen) atoms. The summed E-state index contributed by atoms with van der Waals surface area (Å²) in [6.07, 6.45) is -0.0405. The zero-order valence-electron chi connectivity index (χ0n) is 13.4. The van der Waals surface area contributed by atoms with E-state index in [4.69, 9.17) is 4.84 Å². The molecule has 0 unspecified atom stereocenters. The molecule has 125 valence electrons. The van der Waals surface area contributed by atoms with E-state index in [1.807, 2.05) is 54.6 Å². The highest BCUT2D eigenvalue weighted by atomic mass is 19.3. The van der Waals surface area contributed by atoms with Crippen LogP contribution in [0.15, 0.2) is 84.0 Å². The first-order chi connectivity index (χ1) is 12.2. The van der Waals surface area contributed by atoms with Crippen LogP contribution in [0.5, 0.6) is 0 Å². The van der Waals surface area contributed by atoms with Crippen LogP contribution in [0.3, 0.4) is 0 Å². The van der Waals surface area contributed by atoms with Crippen molar-refractivity contribution in [2.24, 2.45) is 5.16 Å². The number of nitrogens with zero attached hydrogens (tertiary/aromatic N) is 1. The Kier molecular flexibility index (Phi) is 5.52. The van der Waals surface area contributed by atoms with Gasteiger partial charge in [-0.15, -0.1) is 0 Å². The molecule has 3 aromatic rings. The van der Waals surface area contributed by atoms with Crippen LogP contribution < -0.4 is 0 Å². The van der Waals surface area contributed by atoms with E-state index in [0.29, 0.717) is 0 Å². The maximum absolute atomic E-state index is 12.9. The third kappa shape index (κ3) is 4.51. The van der Waals surface area contributed by atoms with Gasteiger partial charge in [-0.1, -0.05) is 84.0 Å². The highest BCUT2D eigenvalue weighted by Gasteiger charge is 2.10. The summed E-state index contributed by atoms with van der Waals surface area (Å²) in [5.41, 5.74) is 3.32. The summed E-state index contributed by atoms with van der Waals surface area (Å²) in [7, 11) is 0. The lowest BCUT2D eigenvalue weighted by molar-refractivity contribution is 0.132. The molecule has 0 aromatic heterocycles. The van der Waals surface area contributed by atoms with E-state index in [9.17, 15) is 8.78 Å². The third-order valence-electron chi connectivity index (χ3n) is 3.72. The van der Waals surface area contributed by atoms with Crippen LogP contribution in [0.25, 0.3) is 11.1 Å². The van der Waals surface area contributed by atoms with Gasteiger partial charge in [-0.2, -0.15) is 0 Å². The van der Waals surface area contributed by atoms with Crippen molar-refractivity contribution in [1.82, 2.24) is 0 Å². The topological polar surface area (TPSA) is 21.6 Å². The van der Waals surface area contributed by atoms with Gasteiger partial charge in [0.15, 0.2) is 0 Å². The Morgan fingerprint density at radius 1 is 0.800 bits per heavy atom. The monoisotopic (exact) mass is 336 g/mol. The number of alkyl halides is 2. The number of hydrogen-bond acceptors (Lipinski definition) is 2. The van der Waals surface area contributed by atoms with E-state index in [1.54, 1.807) is 12.1 Å². The van der Waals surface area contributed by atoms with Crippen molar-refractivity contribution in [1.29, 1.82) is 0 Å². The zero-order valence-corrected chi connectivity index (χ0v) is 13.4. The first kappa shape index (κ1) is 16.8. The van der Waals surface area contributed by atoms with Gasteiger partial charge in [0.25, 0.3) is 6.43 Å². The van der Waals surface area contributed by atoms with Crippen molar-refractivity contribution in [3.05, 3.63) is 95.6 Å². The molecule has 2 nitrogen and oxygen atoms in total. The Morgan fingerprint density at radius 3 is 2.16 bits per heavy atom. The van der Waals surface area contributed by atoms with Crippen LogP contribution in [-0.2, 0) is 11.4 Å². The fourth-order valence-corrected chi connectivity index (χ4v) is 2.40. The van der Waals surface area contributed by atoms with Gasteiger partial charge in [0.1, 0.15) is 12.8 Å². The summed E-state index contributed by atoms with van der Waals surface area (Å²) >= 11 is 0. The van der Waals surface area contributed by atoms with Gasteiger partial charge >= 0.3 is 0 Å². The summed E-state index contributed by atoms with van der Waals surface area (Å²) in [6.45, 7) is 0.249. The number of halogens is 2. The molecule has 0 amide bonds. The van der Waals surface area contributed by atoms with Gasteiger partial charge in [-0.3, -0.25) is 0 Å². The lowest BCUT2D eigenvalue weighted by atomic mass is 10.0. The Labute approximate surface area is 145 Å². The summed E-state index contributed by atoms with van der Waals surface area (Å²) in [6, 6.07) is 24.1. The lowest BCUT2D eigenvalue weighted by Crippen LogP contribution is -1.94. The largest absolute Gasteiger partial charge is 0.390 e. The lowest BCUT2D eigenvalue weighted by Gasteiger charge is -2.04. The van der Waals surface area contributed by atoms with Crippen molar-refractivity contribution in [2.45, 2.75) is 13.0 Å². The molecule has 0 fully saturated rings. The number of hydrogen-bond donors (Lipinski definition) is 0. The van der Waals surface area contributed by atoms with Crippen molar-refractivity contribution in [2.75, 3.05) is 0 Å². The van der Waals surface area contributed by atoms with Crippen LogP contribution >= 0.6 is 0 Å². The molecule has 0 bridgehead atoms. The molecule has 3 aromatic carbocycles. The Balaban J connectivity index is 1.59. The van der Waals surface area contributed by atoms with Crippen LogP contribution in [0.1, 0.15) is 23.1 Å². The molecule has 4 heteroatoms. The van der Waals surface area contributed by atoms with Crippen molar-refractivity contribution in [3.8, 4) is 11.1 Å². The second kappa shape index (κ2) is 8.20. The van der Waals surface area contributed by atoms with Gasteiger partial charge in [-0.25, -0.2) is 8.78 Å². The standard InChI is InChI=1S/C21H16F2NO/c22-21(23)20-9-5-4-8-19(20)14-24-25-15-16-10-12-18(13-11-16)17-6-2-1-3-7-17/h1-13,21H,15H2. The Morgan fingerprint density at radius 2 is 1.44 bits per heavy atom. The summed E-state index contributed by atoms with van der Waals surface area (Å²) in [4.78, 5) is 5.17. The first-order valence-corrected chi connectivity index (χ1v) is 7.83. The molecule has 0 spiro atoms. The Bertz CT molecular complexity index is 830. The van der Waals surface area contributed by atoms with Gasteiger partial charge < -0.3 is 4.84 Å². The maximum atomic E-state index is 12.9. The molecule has 3 rings (SSSR count). The van der Waals surface area contributed by atoms with E-state index < -0.39 is 6.43 Å². The SMILES string of the molecule is FC(F)c1ccccc1/[C]=N\OCc1ccc(-c2ccccc2)cc1. The quantitative estimate of drug-likeness (QED) is 0.417. The zero-order chi connectivity index (χ0) is 17.5. The average molecular weight is 336 g/mol. The predicted octanol–water partition coefficient (Wildman–Crippen LogP) is 5.72. The molecule has 0 saturated carbocycles. The number of benzene rings is 3. The number of rotatable bonds is 6. The van der Waals surface area contributed by atoms with Gasteiger partial charge in [0, 0.05) is 11.1 Å². The average Bonchev–Trinajstić information content (AvgIpc) is 2.66. The third-order valence-corrected chi connectivity index (χ3v) is 3.72. The predicted molar refractivity (Wildman–Crippen MR) is 94.6 cm³/mol. The van der Waals surface area contributed by atoms with Crippen molar-refractivity contribution < 1.29 is 13.6 Å². The maximum Gasteiger partial charge on any atom is 0.264 e. The Hall–Kier alpha value is -3.01. The van der Waals surface area contributed by atoms with Crippen LogP contribution in [0, 0.1) is 0 Å². The van der Waals surface area contributed by atoms with Crippen LogP contribution in [-0.4, -0.2) is 6.21 Å². The fourth-order valence-electron chi connectivity index (χ4n) is 2.40. The highest BCUT2D eigenvalue weighted by molar-refractivity contribution is 5.81. The van der Waals surface area contributed by atoms with Crippen LogP contribution in [0.2, 0.25) is 0 Å². The molecule has 0 heterocycles. The summed E-state index contributed by atoms with van der Waals surface area (Å²) < 4.78 is 25.7. The van der Waals surface area contributed by atoms with Gasteiger partial charge in [-0.05, 0) is 16.7 Å². The molecular weight excluding hydrogens is 320 g/mol. The highest BCUT2D eigenvalue weighted by Crippen LogP contribution is 2.22. The normalized spacial score (nSPS) is 11.2. The van der Waals surface area contributed by atoms with E-state index in [1.165, 1.54) is 12.1 Å². The van der Waals surface area contributed by atoms with E-state index in [2.05, 4.69) is 11.4 Å². The molecule has 1 radical (unpaired) electrons. The first-order valence-electron chi connectivity index (χ1n) is 7.83. The van der Waals surface area contributed by atoms with E-state index in [0.717, 1.165) is 16.7 Å². The van der Waals surface area contributed by atoms with E-state index >= 15 is 0 Å². The van der Waals surface area contributed by atoms with Crippen molar-refractivity contribution >= 4 is 6.21 Å². The van der Waals surface area contributed by atoms with Gasteiger partial charge in [0.05, 0.1) is 0 Å². The molecule has 0 atom stereocenters. The second-order valence-corrected chi connectivity index (χ2v) is 5.43. The van der Waals surface area contributed by atoms with Gasteiger partial charge in [0.2, 0.25) is 0 Å². The molecule has 0 aliphatic heterocycles. The van der Waals surface area contributed by atoms with Crippen LogP contribution in [0.4, 0.5) is 8.78 Å². The second-order valence-electron chi connectivity index (χ2n) is 5.43.